The van der Waals surface area contributed by atoms with Crippen molar-refractivity contribution in [3.63, 3.8) is 0 Å². The first kappa shape index (κ1) is 15.0. The zero-order valence-electron chi connectivity index (χ0n) is 11.9. The number of ether oxygens (including phenoxy) is 1. The SMILES string of the molecule is CCCCCCC1(CCCCCC)COCN1. The Morgan fingerprint density at radius 2 is 1.47 bits per heavy atom. The van der Waals surface area contributed by atoms with Crippen molar-refractivity contribution in [2.45, 2.75) is 83.6 Å². The van der Waals surface area contributed by atoms with Gasteiger partial charge in [-0.25, -0.2) is 0 Å². The third-order valence-electron chi connectivity index (χ3n) is 3.95. The van der Waals surface area contributed by atoms with Crippen molar-refractivity contribution in [2.24, 2.45) is 0 Å². The second-order valence-corrected chi connectivity index (χ2v) is 5.57. The monoisotopic (exact) mass is 241 g/mol. The van der Waals surface area contributed by atoms with Crippen LogP contribution in [0.4, 0.5) is 0 Å². The van der Waals surface area contributed by atoms with Crippen molar-refractivity contribution in [3.8, 4) is 0 Å². The second kappa shape index (κ2) is 8.93. The lowest BCUT2D eigenvalue weighted by atomic mass is 9.87. The molecule has 0 unspecified atom stereocenters. The zero-order valence-corrected chi connectivity index (χ0v) is 11.9. The summed E-state index contributed by atoms with van der Waals surface area (Å²) in [5.74, 6) is 0. The molecule has 0 bridgehead atoms. The molecule has 1 N–H and O–H groups in total. The molecule has 0 atom stereocenters. The Labute approximate surface area is 108 Å². The summed E-state index contributed by atoms with van der Waals surface area (Å²) in [7, 11) is 0. The molecule has 1 fully saturated rings. The normalized spacial score (nSPS) is 18.7. The Morgan fingerprint density at radius 1 is 0.882 bits per heavy atom. The zero-order chi connectivity index (χ0) is 12.4. The van der Waals surface area contributed by atoms with Crippen molar-refractivity contribution in [1.29, 1.82) is 0 Å². The number of unbranched alkanes of at least 4 members (excludes halogenated alkanes) is 6. The van der Waals surface area contributed by atoms with E-state index in [2.05, 4.69) is 19.2 Å². The molecule has 2 nitrogen and oxygen atoms in total. The largest absolute Gasteiger partial charge is 0.364 e. The fourth-order valence-corrected chi connectivity index (χ4v) is 2.73. The van der Waals surface area contributed by atoms with Gasteiger partial charge in [-0.1, -0.05) is 65.2 Å². The van der Waals surface area contributed by atoms with Crippen LogP contribution in [-0.4, -0.2) is 18.9 Å². The van der Waals surface area contributed by atoms with Crippen LogP contribution in [0.25, 0.3) is 0 Å². The lowest BCUT2D eigenvalue weighted by Crippen LogP contribution is -2.42. The van der Waals surface area contributed by atoms with E-state index in [4.69, 9.17) is 4.74 Å². The molecule has 0 saturated carbocycles. The van der Waals surface area contributed by atoms with Gasteiger partial charge in [0.05, 0.1) is 13.3 Å². The van der Waals surface area contributed by atoms with Crippen molar-refractivity contribution in [1.82, 2.24) is 5.32 Å². The Morgan fingerprint density at radius 3 is 1.88 bits per heavy atom. The van der Waals surface area contributed by atoms with E-state index in [-0.39, 0.29) is 0 Å². The molecule has 1 saturated heterocycles. The minimum Gasteiger partial charge on any atom is -0.364 e. The highest BCUT2D eigenvalue weighted by molar-refractivity contribution is 4.90. The predicted octanol–water partition coefficient (Wildman–Crippen LogP) is 4.24. The van der Waals surface area contributed by atoms with E-state index in [0.29, 0.717) is 5.54 Å². The highest BCUT2D eigenvalue weighted by Gasteiger charge is 2.32. The van der Waals surface area contributed by atoms with E-state index in [1.165, 1.54) is 64.2 Å². The van der Waals surface area contributed by atoms with Gasteiger partial charge in [-0.05, 0) is 12.8 Å². The highest BCUT2D eigenvalue weighted by Crippen LogP contribution is 2.26. The topological polar surface area (TPSA) is 21.3 Å². The summed E-state index contributed by atoms with van der Waals surface area (Å²) in [6.45, 7) is 6.25. The van der Waals surface area contributed by atoms with E-state index in [1.807, 2.05) is 0 Å². The molecule has 17 heavy (non-hydrogen) atoms. The highest BCUT2D eigenvalue weighted by atomic mass is 16.5. The second-order valence-electron chi connectivity index (χ2n) is 5.57. The molecule has 1 rings (SSSR count). The van der Waals surface area contributed by atoms with Gasteiger partial charge in [0.2, 0.25) is 0 Å². The lowest BCUT2D eigenvalue weighted by Gasteiger charge is -2.28. The molecule has 0 aliphatic carbocycles. The van der Waals surface area contributed by atoms with Crippen LogP contribution in [-0.2, 0) is 4.74 Å². The number of hydrogen-bond donors (Lipinski definition) is 1. The van der Waals surface area contributed by atoms with Crippen LogP contribution in [0.3, 0.4) is 0 Å². The number of rotatable bonds is 10. The van der Waals surface area contributed by atoms with Crippen LogP contribution >= 0.6 is 0 Å². The van der Waals surface area contributed by atoms with E-state index < -0.39 is 0 Å². The number of hydrogen-bond acceptors (Lipinski definition) is 2. The molecule has 1 aliphatic rings. The first-order valence-electron chi connectivity index (χ1n) is 7.66. The fourth-order valence-electron chi connectivity index (χ4n) is 2.73. The summed E-state index contributed by atoms with van der Waals surface area (Å²) in [6, 6.07) is 0. The van der Waals surface area contributed by atoms with E-state index in [1.54, 1.807) is 0 Å². The van der Waals surface area contributed by atoms with Gasteiger partial charge in [-0.2, -0.15) is 0 Å². The van der Waals surface area contributed by atoms with Gasteiger partial charge in [-0.15, -0.1) is 0 Å². The maximum atomic E-state index is 5.56. The third-order valence-corrected chi connectivity index (χ3v) is 3.95. The van der Waals surface area contributed by atoms with Crippen LogP contribution in [0.2, 0.25) is 0 Å². The Hall–Kier alpha value is -0.0800. The lowest BCUT2D eigenvalue weighted by molar-refractivity contribution is 0.169. The van der Waals surface area contributed by atoms with Gasteiger partial charge in [0.1, 0.15) is 0 Å². The van der Waals surface area contributed by atoms with Crippen LogP contribution in [0.5, 0.6) is 0 Å². The Kier molecular flexibility index (Phi) is 7.87. The van der Waals surface area contributed by atoms with Gasteiger partial charge in [0.25, 0.3) is 0 Å². The summed E-state index contributed by atoms with van der Waals surface area (Å²) < 4.78 is 5.56. The fraction of sp³-hybridized carbons (Fsp3) is 1.00. The van der Waals surface area contributed by atoms with E-state index >= 15 is 0 Å². The summed E-state index contributed by atoms with van der Waals surface area (Å²) in [5.41, 5.74) is 0.321. The van der Waals surface area contributed by atoms with Crippen LogP contribution < -0.4 is 5.32 Å². The summed E-state index contributed by atoms with van der Waals surface area (Å²) in [4.78, 5) is 0. The van der Waals surface area contributed by atoms with Gasteiger partial charge in [-0.3, -0.25) is 5.32 Å². The summed E-state index contributed by atoms with van der Waals surface area (Å²) in [5, 5.41) is 3.60. The Balaban J connectivity index is 2.19. The molecule has 0 aromatic rings. The molecule has 102 valence electrons. The Bertz CT molecular complexity index is 162. The number of nitrogens with one attached hydrogen (secondary N) is 1. The van der Waals surface area contributed by atoms with Crippen molar-refractivity contribution in [3.05, 3.63) is 0 Å². The first-order valence-corrected chi connectivity index (χ1v) is 7.66. The summed E-state index contributed by atoms with van der Waals surface area (Å²) in [6.07, 6.45) is 13.5. The standard InChI is InChI=1S/C15H31NO/c1-3-5-7-9-11-15(13-17-14-16-15)12-10-8-6-4-2/h16H,3-14H2,1-2H3. The van der Waals surface area contributed by atoms with Gasteiger partial charge < -0.3 is 4.74 Å². The molecule has 0 aromatic heterocycles. The van der Waals surface area contributed by atoms with Gasteiger partial charge in [0.15, 0.2) is 0 Å². The quantitative estimate of drug-likeness (QED) is 0.578. The molecule has 0 radical (unpaired) electrons. The third kappa shape index (κ3) is 5.87. The van der Waals surface area contributed by atoms with Gasteiger partial charge >= 0.3 is 0 Å². The molecule has 0 aromatic carbocycles. The van der Waals surface area contributed by atoms with Crippen LogP contribution in [0.1, 0.15) is 78.1 Å². The maximum Gasteiger partial charge on any atom is 0.0971 e. The van der Waals surface area contributed by atoms with Crippen molar-refractivity contribution >= 4 is 0 Å². The molecule has 2 heteroatoms. The predicted molar refractivity (Wildman–Crippen MR) is 74.2 cm³/mol. The van der Waals surface area contributed by atoms with Crippen LogP contribution in [0, 0.1) is 0 Å². The smallest absolute Gasteiger partial charge is 0.0971 e. The molecule has 0 amide bonds. The van der Waals surface area contributed by atoms with E-state index in [0.717, 1.165) is 13.3 Å². The average Bonchev–Trinajstić information content (AvgIpc) is 2.80. The van der Waals surface area contributed by atoms with E-state index in [9.17, 15) is 0 Å². The molecule has 1 aliphatic heterocycles. The molecular formula is C15H31NO. The summed E-state index contributed by atoms with van der Waals surface area (Å²) >= 11 is 0. The van der Waals surface area contributed by atoms with Crippen molar-refractivity contribution in [2.75, 3.05) is 13.3 Å². The minimum atomic E-state index is 0.321. The molecular weight excluding hydrogens is 210 g/mol. The first-order chi connectivity index (χ1) is 8.33. The van der Waals surface area contributed by atoms with Crippen molar-refractivity contribution < 1.29 is 4.74 Å². The molecule has 1 heterocycles. The maximum absolute atomic E-state index is 5.56. The van der Waals surface area contributed by atoms with Gasteiger partial charge in [0, 0.05) is 5.54 Å². The minimum absolute atomic E-state index is 0.321. The molecule has 0 spiro atoms. The average molecular weight is 241 g/mol. The van der Waals surface area contributed by atoms with Crippen LogP contribution in [0.15, 0.2) is 0 Å².